The number of alkyl halides is 3. The maximum Gasteiger partial charge on any atom is 0.413 e. The molecule has 3 aromatic rings. The number of hydrogen-bond acceptors (Lipinski definition) is 8. The molecule has 1 unspecified atom stereocenters. The molecule has 2 saturated carbocycles. The molecule has 0 amide bonds. The smallest absolute Gasteiger partial charge is 0.380 e. The van der Waals surface area contributed by atoms with Crippen molar-refractivity contribution in [1.82, 2.24) is 21.0 Å². The van der Waals surface area contributed by atoms with Crippen LogP contribution in [0.3, 0.4) is 0 Å². The number of nitrogens with one attached hydrogen (secondary N) is 4. The lowest BCUT2D eigenvalue weighted by atomic mass is 9.87. The van der Waals surface area contributed by atoms with Crippen LogP contribution < -0.4 is 21.6 Å². The van der Waals surface area contributed by atoms with E-state index in [1.165, 1.54) is 30.6 Å². The van der Waals surface area contributed by atoms with Crippen LogP contribution >= 0.6 is 0 Å². The first-order chi connectivity index (χ1) is 20.8. The van der Waals surface area contributed by atoms with Gasteiger partial charge in [0.1, 0.15) is 18.0 Å². The molecule has 222 valence electrons. The van der Waals surface area contributed by atoms with Crippen molar-refractivity contribution >= 4 is 22.3 Å². The Morgan fingerprint density at radius 3 is 2.44 bits per heavy atom. The Bertz CT molecular complexity index is 1740. The van der Waals surface area contributed by atoms with Gasteiger partial charge in [-0.3, -0.25) is 9.99 Å². The minimum absolute atomic E-state index is 0.0215. The van der Waals surface area contributed by atoms with E-state index >= 15 is 0 Å². The second-order valence-electron chi connectivity index (χ2n) is 12.0. The Kier molecular flexibility index (Phi) is 6.55. The zero-order valence-corrected chi connectivity index (χ0v) is 23.5. The Labute approximate surface area is 247 Å². The number of nitrogens with zero attached hydrogens (tertiary/aromatic N) is 4. The third-order valence-electron chi connectivity index (χ3n) is 8.74. The third-order valence-corrected chi connectivity index (χ3v) is 8.74. The van der Waals surface area contributed by atoms with Crippen LogP contribution in [-0.2, 0) is 0 Å². The number of hydrogen-bond donors (Lipinski definition) is 4. The van der Waals surface area contributed by atoms with Gasteiger partial charge in [-0.05, 0) is 60.9 Å². The van der Waals surface area contributed by atoms with Crippen molar-refractivity contribution in [3.05, 3.63) is 77.0 Å². The quantitative estimate of drug-likeness (QED) is 0.230. The Morgan fingerprint density at radius 1 is 1.12 bits per heavy atom. The summed E-state index contributed by atoms with van der Waals surface area (Å²) in [7, 11) is 0. The number of hydrazine groups is 2. The maximum absolute atomic E-state index is 13.9. The lowest BCUT2D eigenvalue weighted by molar-refractivity contribution is -0.195. The Hall–Kier alpha value is -4.55. The van der Waals surface area contributed by atoms with E-state index in [4.69, 9.17) is 0 Å². The number of rotatable bonds is 7. The number of aromatic nitrogens is 1. The van der Waals surface area contributed by atoms with Crippen molar-refractivity contribution in [2.24, 2.45) is 5.41 Å². The lowest BCUT2D eigenvalue weighted by Gasteiger charge is -2.29. The fourth-order valence-corrected chi connectivity index (χ4v) is 5.98. The highest BCUT2D eigenvalue weighted by Crippen LogP contribution is 2.54. The molecule has 3 aliphatic rings. The van der Waals surface area contributed by atoms with Gasteiger partial charge in [0, 0.05) is 29.5 Å². The second-order valence-corrected chi connectivity index (χ2v) is 12.0. The van der Waals surface area contributed by atoms with Gasteiger partial charge in [0.15, 0.2) is 5.54 Å². The molecule has 43 heavy (non-hydrogen) atoms. The Balaban J connectivity index is 1.46. The summed E-state index contributed by atoms with van der Waals surface area (Å²) >= 11 is 0. The zero-order valence-electron chi connectivity index (χ0n) is 24.5. The molecule has 6 rings (SSSR count). The highest BCUT2D eigenvalue weighted by atomic mass is 19.4. The molecule has 0 saturated heterocycles. The van der Waals surface area contributed by atoms with Crippen molar-refractivity contribution in [2.45, 2.75) is 69.7 Å². The standard InChI is InChI=1S/C31H30F4N8/c1-29(2)9-3-4-25(29)40-27-20(15-37)16-38-26-19(14-36)12-22(13-23(26)27)39-28(18-5-7-21(32)8-6-18)24-17-43(42-41-24)30(10-11-30)31(33,34)35/h5-8,12-13,16-17,25,28,39,41-42H,3-4,9-11H2,1-2H3,(H,38,40)/t25?,28-/m1/s1/i28D. The van der Waals surface area contributed by atoms with E-state index in [1.807, 2.05) is 0 Å². The van der Waals surface area contributed by atoms with Crippen LogP contribution in [0.1, 0.15) is 70.0 Å². The molecule has 1 aliphatic heterocycles. The summed E-state index contributed by atoms with van der Waals surface area (Å²) in [6.07, 6.45) is 0.819. The van der Waals surface area contributed by atoms with Gasteiger partial charge in [-0.2, -0.15) is 23.7 Å². The largest absolute Gasteiger partial charge is 0.413 e. The summed E-state index contributed by atoms with van der Waals surface area (Å²) < 4.78 is 65.2. The number of nitriles is 2. The molecule has 0 bridgehead atoms. The van der Waals surface area contributed by atoms with E-state index in [9.17, 15) is 29.5 Å². The van der Waals surface area contributed by atoms with E-state index in [0.29, 0.717) is 22.2 Å². The molecular formula is C31H30F4N8. The topological polar surface area (TPSA) is 112 Å². The summed E-state index contributed by atoms with van der Waals surface area (Å²) in [5.74, 6) is -0.545. The second kappa shape index (κ2) is 10.3. The van der Waals surface area contributed by atoms with Crippen LogP contribution in [0.15, 0.2) is 54.5 Å². The van der Waals surface area contributed by atoms with Gasteiger partial charge < -0.3 is 16.1 Å². The first-order valence-corrected chi connectivity index (χ1v) is 14.0. The normalized spacial score (nSPS) is 22.0. The molecule has 1 aromatic heterocycles. The summed E-state index contributed by atoms with van der Waals surface area (Å²) in [5.41, 5.74) is 4.98. The van der Waals surface area contributed by atoms with Crippen LogP contribution in [0, 0.1) is 33.9 Å². The number of pyridine rings is 1. The van der Waals surface area contributed by atoms with Crippen molar-refractivity contribution in [1.29, 1.82) is 10.5 Å². The van der Waals surface area contributed by atoms with Crippen LogP contribution in [0.25, 0.3) is 10.9 Å². The number of anilines is 2. The number of fused-ring (bicyclic) bond motifs is 1. The van der Waals surface area contributed by atoms with Gasteiger partial charge in [0.05, 0.1) is 35.4 Å². The predicted octanol–water partition coefficient (Wildman–Crippen LogP) is 6.52. The highest BCUT2D eigenvalue weighted by molar-refractivity contribution is 5.99. The molecule has 2 fully saturated rings. The van der Waals surface area contributed by atoms with Gasteiger partial charge in [-0.25, -0.2) is 4.39 Å². The average Bonchev–Trinajstić information content (AvgIpc) is 3.54. The van der Waals surface area contributed by atoms with Crippen LogP contribution in [-0.4, -0.2) is 27.7 Å². The van der Waals surface area contributed by atoms with Crippen LogP contribution in [0.2, 0.25) is 0 Å². The van der Waals surface area contributed by atoms with Gasteiger partial charge in [-0.1, -0.05) is 32.4 Å². The lowest BCUT2D eigenvalue weighted by Crippen LogP contribution is -2.52. The van der Waals surface area contributed by atoms with Gasteiger partial charge in [0.2, 0.25) is 0 Å². The van der Waals surface area contributed by atoms with Gasteiger partial charge in [0.25, 0.3) is 0 Å². The van der Waals surface area contributed by atoms with E-state index in [-0.39, 0.29) is 46.8 Å². The van der Waals surface area contributed by atoms with Crippen molar-refractivity contribution in [2.75, 3.05) is 10.6 Å². The molecule has 0 radical (unpaired) electrons. The predicted molar refractivity (Wildman–Crippen MR) is 153 cm³/mol. The Morgan fingerprint density at radius 2 is 1.84 bits per heavy atom. The number of halogens is 4. The average molecular weight is 592 g/mol. The van der Waals surface area contributed by atoms with E-state index in [0.717, 1.165) is 36.4 Å². The van der Waals surface area contributed by atoms with E-state index < -0.39 is 23.6 Å². The third kappa shape index (κ3) is 5.06. The van der Waals surface area contributed by atoms with Crippen molar-refractivity contribution in [3.8, 4) is 12.1 Å². The SMILES string of the molecule is [2H][C@](Nc1cc(C#N)c2ncc(C#N)c(NC3CCCC3(C)C)c2c1)(C1=CN(C2(C(F)(F)F)CC2)NN1)c1ccc(F)cc1. The molecule has 2 atom stereocenters. The van der Waals surface area contributed by atoms with Crippen molar-refractivity contribution in [3.63, 3.8) is 0 Å². The van der Waals surface area contributed by atoms with E-state index in [1.54, 1.807) is 6.07 Å². The minimum atomic E-state index is -4.51. The highest BCUT2D eigenvalue weighted by Gasteiger charge is 2.67. The summed E-state index contributed by atoms with van der Waals surface area (Å²) in [4.78, 5) is 4.40. The molecule has 2 heterocycles. The summed E-state index contributed by atoms with van der Waals surface area (Å²) in [6, 6.07) is 10.6. The van der Waals surface area contributed by atoms with Crippen molar-refractivity contribution < 1.29 is 18.9 Å². The molecule has 2 aliphatic carbocycles. The fourth-order valence-electron chi connectivity index (χ4n) is 5.98. The fraction of sp³-hybridized carbons (Fsp3) is 0.387. The molecule has 4 N–H and O–H groups in total. The molecule has 0 spiro atoms. The monoisotopic (exact) mass is 591 g/mol. The zero-order chi connectivity index (χ0) is 31.5. The first kappa shape index (κ1) is 27.3. The first-order valence-electron chi connectivity index (χ1n) is 14.5. The van der Waals surface area contributed by atoms with Crippen LogP contribution in [0.4, 0.5) is 28.9 Å². The molecule has 2 aromatic carbocycles. The summed E-state index contributed by atoms with van der Waals surface area (Å²) in [5, 5.41) is 28.0. The summed E-state index contributed by atoms with van der Waals surface area (Å²) in [6.45, 7) is 4.31. The number of benzene rings is 2. The molecule has 8 nitrogen and oxygen atoms in total. The molecule has 12 heteroatoms. The maximum atomic E-state index is 13.9. The van der Waals surface area contributed by atoms with Crippen LogP contribution in [0.5, 0.6) is 0 Å². The minimum Gasteiger partial charge on any atom is -0.380 e. The molecular weight excluding hydrogens is 560 g/mol. The van der Waals surface area contributed by atoms with E-state index in [2.05, 4.69) is 52.6 Å². The van der Waals surface area contributed by atoms with Gasteiger partial charge in [-0.15, -0.1) is 5.53 Å². The van der Waals surface area contributed by atoms with Gasteiger partial charge >= 0.3 is 6.18 Å².